The molecule has 0 unspecified atom stereocenters. The zero-order chi connectivity index (χ0) is 21.4. The van der Waals surface area contributed by atoms with Gasteiger partial charge in [-0.25, -0.2) is 14.4 Å². The van der Waals surface area contributed by atoms with Gasteiger partial charge in [-0.3, -0.25) is 0 Å². The lowest BCUT2D eigenvalue weighted by atomic mass is 9.98. The number of ether oxygens (including phenoxy) is 1. The molecule has 2 aromatic heterocycles. The predicted octanol–water partition coefficient (Wildman–Crippen LogP) is 7.10. The van der Waals surface area contributed by atoms with E-state index in [1.807, 2.05) is 31.2 Å². The number of hydrogen-bond acceptors (Lipinski definition) is 3. The fourth-order valence-corrected chi connectivity index (χ4v) is 4.29. The number of fused-ring (bicyclic) bond motifs is 1. The molecule has 1 aliphatic carbocycles. The van der Waals surface area contributed by atoms with Gasteiger partial charge in [0.15, 0.2) is 0 Å². The van der Waals surface area contributed by atoms with Crippen LogP contribution < -0.4 is 4.74 Å². The van der Waals surface area contributed by atoms with Gasteiger partial charge in [0.1, 0.15) is 17.7 Å². The number of H-pyrrole nitrogens is 1. The maximum Gasteiger partial charge on any atom is 0.213 e. The number of rotatable bonds is 4. The van der Waals surface area contributed by atoms with Crippen LogP contribution >= 0.6 is 11.6 Å². The van der Waals surface area contributed by atoms with Crippen molar-refractivity contribution in [1.82, 2.24) is 15.0 Å². The van der Waals surface area contributed by atoms with Crippen LogP contribution in [0.4, 0.5) is 4.39 Å². The zero-order valence-corrected chi connectivity index (χ0v) is 18.0. The zero-order valence-electron chi connectivity index (χ0n) is 17.3. The first-order valence-corrected chi connectivity index (χ1v) is 11.0. The monoisotopic (exact) mass is 435 g/mol. The molecule has 0 aliphatic heterocycles. The lowest BCUT2D eigenvalue weighted by Crippen LogP contribution is -2.20. The third-order valence-corrected chi connectivity index (χ3v) is 6.30. The smallest absolute Gasteiger partial charge is 0.213 e. The summed E-state index contributed by atoms with van der Waals surface area (Å²) in [4.78, 5) is 12.1. The summed E-state index contributed by atoms with van der Waals surface area (Å²) in [5.41, 5.74) is 4.51. The van der Waals surface area contributed by atoms with E-state index in [1.165, 1.54) is 25.3 Å². The van der Waals surface area contributed by atoms with Crippen LogP contribution in [0.25, 0.3) is 33.5 Å². The Labute approximate surface area is 185 Å². The molecule has 158 valence electrons. The highest BCUT2D eigenvalue weighted by molar-refractivity contribution is 6.32. The summed E-state index contributed by atoms with van der Waals surface area (Å²) in [7, 11) is 0. The van der Waals surface area contributed by atoms with Crippen LogP contribution in [0.2, 0.25) is 5.02 Å². The van der Waals surface area contributed by atoms with Crippen LogP contribution in [0.15, 0.2) is 48.7 Å². The van der Waals surface area contributed by atoms with Gasteiger partial charge in [-0.05, 0) is 74.1 Å². The van der Waals surface area contributed by atoms with Crippen LogP contribution in [0.1, 0.15) is 37.7 Å². The van der Waals surface area contributed by atoms with E-state index in [0.717, 1.165) is 35.0 Å². The first-order chi connectivity index (χ1) is 15.1. The summed E-state index contributed by atoms with van der Waals surface area (Å²) in [5, 5.41) is 0.643. The topological polar surface area (TPSA) is 50.8 Å². The molecule has 6 heteroatoms. The average molecular weight is 436 g/mol. The van der Waals surface area contributed by atoms with Gasteiger partial charge in [0.2, 0.25) is 5.88 Å². The van der Waals surface area contributed by atoms with Gasteiger partial charge in [-0.1, -0.05) is 24.1 Å². The van der Waals surface area contributed by atoms with Gasteiger partial charge in [-0.2, -0.15) is 0 Å². The van der Waals surface area contributed by atoms with Crippen LogP contribution in [0.3, 0.4) is 0 Å². The number of aromatic amines is 1. The number of hydrogen-bond donors (Lipinski definition) is 1. The molecule has 1 saturated carbocycles. The first-order valence-electron chi connectivity index (χ1n) is 10.7. The minimum atomic E-state index is -0.345. The highest BCUT2D eigenvalue weighted by Crippen LogP contribution is 2.30. The van der Waals surface area contributed by atoms with Crippen molar-refractivity contribution in [3.8, 4) is 28.4 Å². The third-order valence-electron chi connectivity index (χ3n) is 5.90. The van der Waals surface area contributed by atoms with Crippen molar-refractivity contribution in [2.45, 2.75) is 45.1 Å². The summed E-state index contributed by atoms with van der Waals surface area (Å²) in [6.45, 7) is 1.93. The van der Waals surface area contributed by atoms with E-state index in [2.05, 4.69) is 15.0 Å². The molecule has 31 heavy (non-hydrogen) atoms. The number of benzene rings is 2. The van der Waals surface area contributed by atoms with Crippen molar-refractivity contribution in [2.75, 3.05) is 0 Å². The molecular weight excluding hydrogens is 413 g/mol. The van der Waals surface area contributed by atoms with Crippen molar-refractivity contribution in [3.05, 3.63) is 65.1 Å². The first kappa shape index (κ1) is 20.0. The number of halogens is 2. The molecule has 0 saturated heterocycles. The SMILES string of the molecule is Cc1cc2[nH]c(-c3ccc(-c4ccc(OC5CCCCC5)nc4)cc3F)nc2cc1Cl. The Balaban J connectivity index is 1.38. The summed E-state index contributed by atoms with van der Waals surface area (Å²) in [5.74, 6) is 0.765. The highest BCUT2D eigenvalue weighted by atomic mass is 35.5. The quantitative estimate of drug-likeness (QED) is 0.371. The molecule has 4 aromatic rings. The minimum Gasteiger partial charge on any atom is -0.474 e. The maximum absolute atomic E-state index is 15.0. The number of imidazole rings is 1. The second-order valence-corrected chi connectivity index (χ2v) is 8.57. The van der Waals surface area contributed by atoms with Crippen LogP contribution in [0.5, 0.6) is 5.88 Å². The molecule has 0 radical (unpaired) electrons. The van der Waals surface area contributed by atoms with Gasteiger partial charge in [0.05, 0.1) is 16.6 Å². The van der Waals surface area contributed by atoms with Crippen molar-refractivity contribution in [3.63, 3.8) is 0 Å². The molecular formula is C25H23ClFN3O. The van der Waals surface area contributed by atoms with Gasteiger partial charge < -0.3 is 9.72 Å². The third kappa shape index (κ3) is 4.15. The molecule has 1 fully saturated rings. The van der Waals surface area contributed by atoms with E-state index in [1.54, 1.807) is 18.3 Å². The molecule has 1 N–H and O–H groups in total. The van der Waals surface area contributed by atoms with Crippen molar-refractivity contribution >= 4 is 22.6 Å². The summed E-state index contributed by atoms with van der Waals surface area (Å²) < 4.78 is 21.0. The molecule has 0 bridgehead atoms. The van der Waals surface area contributed by atoms with E-state index in [-0.39, 0.29) is 11.9 Å². The Kier molecular flexibility index (Phi) is 5.36. The summed E-state index contributed by atoms with van der Waals surface area (Å²) in [6, 6.07) is 12.6. The largest absolute Gasteiger partial charge is 0.474 e. The molecule has 0 amide bonds. The molecule has 2 aromatic carbocycles. The van der Waals surface area contributed by atoms with Crippen molar-refractivity contribution < 1.29 is 9.13 Å². The van der Waals surface area contributed by atoms with Crippen LogP contribution in [-0.2, 0) is 0 Å². The van der Waals surface area contributed by atoms with Gasteiger partial charge in [0, 0.05) is 22.8 Å². The molecule has 5 rings (SSSR count). The molecule has 1 aliphatic rings. The van der Waals surface area contributed by atoms with Crippen molar-refractivity contribution in [1.29, 1.82) is 0 Å². The molecule has 0 spiro atoms. The van der Waals surface area contributed by atoms with Gasteiger partial charge >= 0.3 is 0 Å². The van der Waals surface area contributed by atoms with Gasteiger partial charge in [0.25, 0.3) is 0 Å². The normalized spacial score (nSPS) is 14.8. The van der Waals surface area contributed by atoms with E-state index < -0.39 is 0 Å². The second kappa shape index (κ2) is 8.31. The minimum absolute atomic E-state index is 0.256. The molecule has 0 atom stereocenters. The lowest BCUT2D eigenvalue weighted by molar-refractivity contribution is 0.148. The standard InChI is InChI=1S/C25H23ClFN3O/c1-15-11-22-23(13-20(15)26)30-25(29-22)19-9-7-16(12-21(19)27)17-8-10-24(28-14-17)31-18-5-3-2-4-6-18/h7-14,18H,2-6H2,1H3,(H,29,30). The fourth-order valence-electron chi connectivity index (χ4n) is 4.13. The lowest BCUT2D eigenvalue weighted by Gasteiger charge is -2.22. The maximum atomic E-state index is 15.0. The van der Waals surface area contributed by atoms with Crippen LogP contribution in [0, 0.1) is 12.7 Å². The summed E-state index contributed by atoms with van der Waals surface area (Å²) in [6.07, 6.45) is 7.88. The number of aryl methyl sites for hydroxylation is 1. The number of nitrogens with one attached hydrogen (secondary N) is 1. The Morgan fingerprint density at radius 3 is 2.58 bits per heavy atom. The Morgan fingerprint density at radius 2 is 1.84 bits per heavy atom. The van der Waals surface area contributed by atoms with Gasteiger partial charge in [-0.15, -0.1) is 0 Å². The number of pyridine rings is 1. The van der Waals surface area contributed by atoms with Crippen LogP contribution in [-0.4, -0.2) is 21.1 Å². The molecule has 4 nitrogen and oxygen atoms in total. The fraction of sp³-hybridized carbons (Fsp3) is 0.280. The predicted molar refractivity (Wildman–Crippen MR) is 122 cm³/mol. The molecule has 2 heterocycles. The highest BCUT2D eigenvalue weighted by Gasteiger charge is 2.16. The van der Waals surface area contributed by atoms with E-state index in [4.69, 9.17) is 16.3 Å². The Bertz CT molecular complexity index is 1190. The Hall–Kier alpha value is -2.92. The van der Waals surface area contributed by atoms with E-state index in [0.29, 0.717) is 27.8 Å². The van der Waals surface area contributed by atoms with Crippen molar-refractivity contribution in [2.24, 2.45) is 0 Å². The van der Waals surface area contributed by atoms with E-state index in [9.17, 15) is 4.39 Å². The second-order valence-electron chi connectivity index (χ2n) is 8.16. The van der Waals surface area contributed by atoms with E-state index >= 15 is 0 Å². The Morgan fingerprint density at radius 1 is 1.03 bits per heavy atom. The average Bonchev–Trinajstić information content (AvgIpc) is 3.17. The number of aromatic nitrogens is 3. The summed E-state index contributed by atoms with van der Waals surface area (Å²) >= 11 is 6.19. The number of nitrogens with zero attached hydrogens (tertiary/aromatic N) is 2.